The molecule has 0 N–H and O–H groups in total. The number of aromatic nitrogens is 2. The van der Waals surface area contributed by atoms with Crippen LogP contribution in [0.25, 0.3) is 22.2 Å². The van der Waals surface area contributed by atoms with Gasteiger partial charge in [-0.05, 0) is 47.6 Å². The highest BCUT2D eigenvalue weighted by Crippen LogP contribution is 2.34. The first-order chi connectivity index (χ1) is 16.7. The second-order valence-corrected chi connectivity index (χ2v) is 7.75. The van der Waals surface area contributed by atoms with Gasteiger partial charge in [-0.1, -0.05) is 36.9 Å². The number of rotatable bonds is 7. The van der Waals surface area contributed by atoms with Crippen LogP contribution in [0.5, 0.6) is 5.75 Å². The fourth-order valence-corrected chi connectivity index (χ4v) is 3.68. The molecular weight excluding hydrogens is 470 g/mol. The fraction of sp³-hybridized carbons (Fsp3) is 0.154. The van der Waals surface area contributed by atoms with Crippen LogP contribution < -0.4 is 4.74 Å². The van der Waals surface area contributed by atoms with E-state index in [1.54, 1.807) is 30.3 Å². The lowest BCUT2D eigenvalue weighted by Gasteiger charge is -2.12. The molecule has 0 spiro atoms. The van der Waals surface area contributed by atoms with Gasteiger partial charge in [0.25, 0.3) is 0 Å². The molecule has 4 rings (SSSR count). The summed E-state index contributed by atoms with van der Waals surface area (Å²) in [6.07, 6.45) is -0.495. The summed E-state index contributed by atoms with van der Waals surface area (Å²) in [4.78, 5) is 8.50. The van der Waals surface area contributed by atoms with E-state index in [2.05, 4.69) is 16.5 Å². The van der Waals surface area contributed by atoms with E-state index >= 15 is 4.39 Å². The molecule has 0 bridgehead atoms. The Morgan fingerprint density at radius 2 is 1.57 bits per heavy atom. The number of fused-ring (bicyclic) bond motifs is 1. The molecule has 35 heavy (non-hydrogen) atoms. The van der Waals surface area contributed by atoms with Gasteiger partial charge in [-0.3, -0.25) is 0 Å². The molecule has 0 radical (unpaired) electrons. The van der Waals surface area contributed by atoms with Crippen molar-refractivity contribution >= 4 is 10.8 Å². The van der Waals surface area contributed by atoms with Crippen molar-refractivity contribution < 1.29 is 31.1 Å². The van der Waals surface area contributed by atoms with Gasteiger partial charge in [0.1, 0.15) is 29.6 Å². The molecule has 1 heterocycles. The highest BCUT2D eigenvalue weighted by Gasteiger charge is 2.37. The number of benzene rings is 3. The van der Waals surface area contributed by atoms with Crippen LogP contribution >= 0.6 is 0 Å². The van der Waals surface area contributed by atoms with Crippen molar-refractivity contribution in [2.45, 2.75) is 19.0 Å². The van der Waals surface area contributed by atoms with Crippen molar-refractivity contribution in [2.24, 2.45) is 0 Å². The Kier molecular flexibility index (Phi) is 6.77. The van der Waals surface area contributed by atoms with Crippen molar-refractivity contribution in [2.75, 3.05) is 6.61 Å². The number of ether oxygens (including phenoxy) is 1. The normalized spacial score (nSPS) is 11.6. The van der Waals surface area contributed by atoms with Crippen LogP contribution in [-0.2, 0) is 19.0 Å². The van der Waals surface area contributed by atoms with Crippen LogP contribution in [0.1, 0.15) is 16.7 Å². The summed E-state index contributed by atoms with van der Waals surface area (Å²) in [7, 11) is 0. The molecule has 180 valence electrons. The fourth-order valence-electron chi connectivity index (χ4n) is 3.68. The van der Waals surface area contributed by atoms with E-state index < -0.39 is 29.2 Å². The molecule has 0 aliphatic carbocycles. The smallest absolute Gasteiger partial charge is 0.422 e. The molecule has 9 heteroatoms. The molecule has 0 saturated carbocycles. The topological polar surface area (TPSA) is 35.0 Å². The van der Waals surface area contributed by atoms with E-state index in [0.717, 1.165) is 0 Å². The molecule has 0 atom stereocenters. The molecule has 0 unspecified atom stereocenters. The first-order valence-electron chi connectivity index (χ1n) is 10.5. The van der Waals surface area contributed by atoms with Gasteiger partial charge in [0, 0.05) is 10.9 Å². The van der Waals surface area contributed by atoms with Gasteiger partial charge in [-0.25, -0.2) is 23.1 Å². The van der Waals surface area contributed by atoms with Crippen LogP contribution in [-0.4, -0.2) is 16.6 Å². The van der Waals surface area contributed by atoms with Crippen LogP contribution in [0.2, 0.25) is 0 Å². The second kappa shape index (κ2) is 9.77. The quantitative estimate of drug-likeness (QED) is 0.206. The summed E-state index contributed by atoms with van der Waals surface area (Å²) in [6.45, 7) is 3.89. The van der Waals surface area contributed by atoms with Crippen molar-refractivity contribution in [1.82, 2.24) is 9.97 Å². The Morgan fingerprint density at radius 3 is 2.20 bits per heavy atom. The monoisotopic (exact) mass is 488 g/mol. The SMILES string of the molecule is C=CCOc1cnc(-c2ccc3c(F)c(CCc4cc(F)c(C(F)(F)F)c(F)c4)ccc3c2)nc1. The Balaban J connectivity index is 1.54. The number of halogens is 6. The lowest BCUT2D eigenvalue weighted by molar-refractivity contribution is -0.142. The van der Waals surface area contributed by atoms with Crippen molar-refractivity contribution in [3.8, 4) is 17.1 Å². The zero-order valence-corrected chi connectivity index (χ0v) is 18.2. The molecule has 0 aliphatic heterocycles. The van der Waals surface area contributed by atoms with Gasteiger partial charge in [-0.2, -0.15) is 13.2 Å². The maximum atomic E-state index is 15.1. The van der Waals surface area contributed by atoms with E-state index in [-0.39, 0.29) is 24.0 Å². The van der Waals surface area contributed by atoms with E-state index in [1.165, 1.54) is 18.5 Å². The highest BCUT2D eigenvalue weighted by molar-refractivity contribution is 5.87. The predicted octanol–water partition coefficient (Wildman–Crippen LogP) is 7.08. The zero-order valence-electron chi connectivity index (χ0n) is 18.2. The van der Waals surface area contributed by atoms with Crippen molar-refractivity contribution in [3.05, 3.63) is 102 Å². The molecule has 0 fully saturated rings. The van der Waals surface area contributed by atoms with Crippen LogP contribution in [0.4, 0.5) is 26.3 Å². The molecule has 3 aromatic carbocycles. The van der Waals surface area contributed by atoms with Gasteiger partial charge >= 0.3 is 6.18 Å². The first kappa shape index (κ1) is 24.3. The van der Waals surface area contributed by atoms with Gasteiger partial charge in [0.15, 0.2) is 11.6 Å². The maximum Gasteiger partial charge on any atom is 0.422 e. The van der Waals surface area contributed by atoms with Gasteiger partial charge in [0.05, 0.1) is 12.4 Å². The molecule has 0 aliphatic rings. The minimum absolute atomic E-state index is 0.000473. The summed E-state index contributed by atoms with van der Waals surface area (Å²) in [6, 6.07) is 9.44. The van der Waals surface area contributed by atoms with E-state index in [0.29, 0.717) is 46.6 Å². The third-order valence-corrected chi connectivity index (χ3v) is 5.36. The Morgan fingerprint density at radius 1 is 0.886 bits per heavy atom. The van der Waals surface area contributed by atoms with E-state index in [1.807, 2.05) is 0 Å². The molecule has 0 amide bonds. The summed E-state index contributed by atoms with van der Waals surface area (Å²) in [5.41, 5.74) is -1.00. The molecule has 0 saturated heterocycles. The highest BCUT2D eigenvalue weighted by atomic mass is 19.4. The Labute approximate surface area is 196 Å². The van der Waals surface area contributed by atoms with Crippen LogP contribution in [0, 0.1) is 17.5 Å². The summed E-state index contributed by atoms with van der Waals surface area (Å²) in [5, 5.41) is 0.910. The zero-order chi connectivity index (χ0) is 25.2. The molecule has 1 aromatic heterocycles. The van der Waals surface area contributed by atoms with Crippen LogP contribution in [0.15, 0.2) is 67.5 Å². The Bertz CT molecular complexity index is 1360. The third kappa shape index (κ3) is 5.29. The van der Waals surface area contributed by atoms with E-state index in [4.69, 9.17) is 4.74 Å². The summed E-state index contributed by atoms with van der Waals surface area (Å²) >= 11 is 0. The average molecular weight is 488 g/mol. The average Bonchev–Trinajstić information content (AvgIpc) is 2.81. The largest absolute Gasteiger partial charge is 0.486 e. The number of hydrogen-bond acceptors (Lipinski definition) is 3. The van der Waals surface area contributed by atoms with Crippen molar-refractivity contribution in [1.29, 1.82) is 0 Å². The molecule has 4 aromatic rings. The summed E-state index contributed by atoms with van der Waals surface area (Å²) in [5.74, 6) is -2.99. The number of alkyl halides is 3. The second-order valence-electron chi connectivity index (χ2n) is 7.75. The minimum Gasteiger partial charge on any atom is -0.486 e. The number of aryl methyl sites for hydroxylation is 2. The van der Waals surface area contributed by atoms with Gasteiger partial charge in [-0.15, -0.1) is 0 Å². The molecular formula is C26H18F6N2O. The van der Waals surface area contributed by atoms with Gasteiger partial charge < -0.3 is 4.74 Å². The number of nitrogens with zero attached hydrogens (tertiary/aromatic N) is 2. The first-order valence-corrected chi connectivity index (χ1v) is 10.5. The van der Waals surface area contributed by atoms with Crippen LogP contribution in [0.3, 0.4) is 0 Å². The Hall–Kier alpha value is -3.88. The minimum atomic E-state index is -5.14. The van der Waals surface area contributed by atoms with Crippen molar-refractivity contribution in [3.63, 3.8) is 0 Å². The molecule has 3 nitrogen and oxygen atoms in total. The number of hydrogen-bond donors (Lipinski definition) is 0. The summed E-state index contributed by atoms with van der Waals surface area (Å²) < 4.78 is 86.3. The lowest BCUT2D eigenvalue weighted by atomic mass is 9.98. The maximum absolute atomic E-state index is 15.1. The predicted molar refractivity (Wildman–Crippen MR) is 119 cm³/mol. The van der Waals surface area contributed by atoms with E-state index in [9.17, 15) is 22.0 Å². The standard InChI is InChI=1S/C26H18F6N2O/c1-2-9-35-19-13-33-25(34-14-19)18-7-8-20-17(12-18)6-5-16(24(20)29)4-3-15-10-21(27)23(22(28)11-15)26(30,31)32/h2,5-8,10-14H,1,3-4,9H2. The lowest BCUT2D eigenvalue weighted by Crippen LogP contribution is -2.12. The third-order valence-electron chi connectivity index (χ3n) is 5.36. The van der Waals surface area contributed by atoms with Gasteiger partial charge in [0.2, 0.25) is 0 Å².